The molecular formula is C22H22N4OS. The Bertz CT molecular complexity index is 1010. The quantitative estimate of drug-likeness (QED) is 0.594. The summed E-state index contributed by atoms with van der Waals surface area (Å²) in [6.45, 7) is 1.95. The Balaban J connectivity index is 1.37. The fourth-order valence-electron chi connectivity index (χ4n) is 3.83. The summed E-state index contributed by atoms with van der Waals surface area (Å²) in [6.07, 6.45) is 3.27. The van der Waals surface area contributed by atoms with E-state index in [-0.39, 0.29) is 11.3 Å². The molecule has 4 N–H and O–H groups in total. The molecule has 0 bridgehead atoms. The zero-order chi connectivity index (χ0) is 19.1. The summed E-state index contributed by atoms with van der Waals surface area (Å²) in [5, 5.41) is 7.54. The average molecular weight is 391 g/mol. The zero-order valence-electron chi connectivity index (χ0n) is 15.5. The minimum atomic E-state index is -0.148. The normalized spacial score (nSPS) is 17.0. The number of amides is 1. The van der Waals surface area contributed by atoms with E-state index in [0.717, 1.165) is 32.4 Å². The molecule has 5 rings (SSSR count). The van der Waals surface area contributed by atoms with Gasteiger partial charge in [0.2, 0.25) is 0 Å². The van der Waals surface area contributed by atoms with E-state index in [1.807, 2.05) is 35.6 Å². The van der Waals surface area contributed by atoms with Gasteiger partial charge in [-0.1, -0.05) is 24.3 Å². The largest absolute Gasteiger partial charge is 0.397 e. The van der Waals surface area contributed by atoms with Crippen LogP contribution in [0.4, 0.5) is 11.4 Å². The maximum atomic E-state index is 12.6. The number of carbonyl (C=O) groups is 1. The van der Waals surface area contributed by atoms with Crippen LogP contribution >= 0.6 is 11.3 Å². The third kappa shape index (κ3) is 2.99. The summed E-state index contributed by atoms with van der Waals surface area (Å²) in [6, 6.07) is 15.2. The molecule has 0 spiro atoms. The Morgan fingerprint density at radius 1 is 1.14 bits per heavy atom. The summed E-state index contributed by atoms with van der Waals surface area (Å²) in [5.41, 5.74) is 10.3. The van der Waals surface area contributed by atoms with Gasteiger partial charge in [0.05, 0.1) is 17.1 Å². The Labute approximate surface area is 168 Å². The van der Waals surface area contributed by atoms with E-state index in [2.05, 4.69) is 22.8 Å². The molecule has 1 aromatic heterocycles. The highest BCUT2D eigenvalue weighted by molar-refractivity contribution is 7.12. The lowest BCUT2D eigenvalue weighted by atomic mass is 9.95. The van der Waals surface area contributed by atoms with Gasteiger partial charge < -0.3 is 16.4 Å². The first-order chi connectivity index (χ1) is 13.7. The van der Waals surface area contributed by atoms with Gasteiger partial charge in [0.25, 0.3) is 5.91 Å². The Hall–Kier alpha value is -2.70. The number of para-hydroxylation sites is 2. The van der Waals surface area contributed by atoms with Crippen molar-refractivity contribution in [3.63, 3.8) is 0 Å². The number of nitrogens with one attached hydrogen (secondary N) is 2. The maximum absolute atomic E-state index is 12.6. The molecular weight excluding hydrogens is 368 g/mol. The lowest BCUT2D eigenvalue weighted by Crippen LogP contribution is -2.22. The lowest BCUT2D eigenvalue weighted by Gasteiger charge is -2.14. The Morgan fingerprint density at radius 3 is 2.64 bits per heavy atom. The highest BCUT2D eigenvalue weighted by Crippen LogP contribution is 2.55. The highest BCUT2D eigenvalue weighted by atomic mass is 32.1. The summed E-state index contributed by atoms with van der Waals surface area (Å²) in [4.78, 5) is 18.9. The van der Waals surface area contributed by atoms with Crippen molar-refractivity contribution in [1.29, 1.82) is 0 Å². The van der Waals surface area contributed by atoms with E-state index in [9.17, 15) is 4.79 Å². The molecule has 1 amide bonds. The predicted octanol–water partition coefficient (Wildman–Crippen LogP) is 3.70. The van der Waals surface area contributed by atoms with Gasteiger partial charge in [0.15, 0.2) is 0 Å². The summed E-state index contributed by atoms with van der Waals surface area (Å²) < 4.78 is 0. The monoisotopic (exact) mass is 390 g/mol. The predicted molar refractivity (Wildman–Crippen MR) is 113 cm³/mol. The van der Waals surface area contributed by atoms with Gasteiger partial charge in [-0.2, -0.15) is 0 Å². The van der Waals surface area contributed by atoms with Crippen molar-refractivity contribution in [2.45, 2.75) is 31.2 Å². The molecule has 2 heterocycles. The second-order valence-electron chi connectivity index (χ2n) is 7.52. The van der Waals surface area contributed by atoms with E-state index in [0.29, 0.717) is 16.9 Å². The van der Waals surface area contributed by atoms with Crippen LogP contribution in [0.25, 0.3) is 0 Å². The molecule has 142 valence electrons. The second-order valence-corrected chi connectivity index (χ2v) is 8.60. The van der Waals surface area contributed by atoms with Crippen LogP contribution in [-0.2, 0) is 18.4 Å². The van der Waals surface area contributed by atoms with Crippen LogP contribution in [0, 0.1) is 0 Å². The summed E-state index contributed by atoms with van der Waals surface area (Å²) in [5.74, 6) is -0.148. The molecule has 2 aromatic carbocycles. The Morgan fingerprint density at radius 2 is 1.93 bits per heavy atom. The average Bonchev–Trinajstić information content (AvgIpc) is 3.42. The van der Waals surface area contributed by atoms with Crippen molar-refractivity contribution in [2.24, 2.45) is 0 Å². The van der Waals surface area contributed by atoms with Gasteiger partial charge in [-0.05, 0) is 42.7 Å². The number of rotatable bonds is 4. The van der Waals surface area contributed by atoms with E-state index in [1.165, 1.54) is 21.1 Å². The van der Waals surface area contributed by atoms with Crippen molar-refractivity contribution >= 4 is 28.6 Å². The van der Waals surface area contributed by atoms with E-state index < -0.39 is 0 Å². The molecule has 0 atom stereocenters. The van der Waals surface area contributed by atoms with Crippen LogP contribution in [0.2, 0.25) is 0 Å². The molecule has 6 heteroatoms. The topological polar surface area (TPSA) is 80.0 Å². The summed E-state index contributed by atoms with van der Waals surface area (Å²) in [7, 11) is 0. The minimum absolute atomic E-state index is 0.0425. The fraction of sp³-hybridized carbons (Fsp3) is 0.273. The highest BCUT2D eigenvalue weighted by Gasteiger charge is 2.48. The van der Waals surface area contributed by atoms with Crippen molar-refractivity contribution < 1.29 is 4.79 Å². The molecule has 0 unspecified atom stereocenters. The molecule has 5 nitrogen and oxygen atoms in total. The number of benzene rings is 2. The maximum Gasteiger partial charge on any atom is 0.255 e. The number of hydrogen-bond donors (Lipinski definition) is 3. The number of anilines is 2. The van der Waals surface area contributed by atoms with Crippen LogP contribution in [0.5, 0.6) is 0 Å². The van der Waals surface area contributed by atoms with E-state index >= 15 is 0 Å². The SMILES string of the molecule is Nc1ccccc1NC(=O)c1ccc(C2(c3nc4c(s3)CNCC4)CC2)cc1. The molecule has 1 fully saturated rings. The number of aromatic nitrogens is 1. The molecule has 2 aliphatic rings. The van der Waals surface area contributed by atoms with E-state index in [4.69, 9.17) is 10.7 Å². The van der Waals surface area contributed by atoms with Crippen LogP contribution in [0.15, 0.2) is 48.5 Å². The van der Waals surface area contributed by atoms with Gasteiger partial charge in [-0.25, -0.2) is 4.98 Å². The number of nitrogen functional groups attached to an aromatic ring is 1. The van der Waals surface area contributed by atoms with Crippen molar-refractivity contribution in [1.82, 2.24) is 10.3 Å². The first-order valence-electron chi connectivity index (χ1n) is 9.62. The van der Waals surface area contributed by atoms with Gasteiger partial charge in [0, 0.05) is 35.4 Å². The summed E-state index contributed by atoms with van der Waals surface area (Å²) >= 11 is 1.85. The van der Waals surface area contributed by atoms with Crippen molar-refractivity contribution in [3.05, 3.63) is 75.2 Å². The van der Waals surface area contributed by atoms with Gasteiger partial charge in [-0.3, -0.25) is 4.79 Å². The molecule has 0 radical (unpaired) electrons. The first kappa shape index (κ1) is 17.4. The minimum Gasteiger partial charge on any atom is -0.397 e. The number of thiazole rings is 1. The lowest BCUT2D eigenvalue weighted by molar-refractivity contribution is 0.102. The van der Waals surface area contributed by atoms with Gasteiger partial charge in [0.1, 0.15) is 5.01 Å². The van der Waals surface area contributed by atoms with Crippen molar-refractivity contribution in [2.75, 3.05) is 17.6 Å². The number of fused-ring (bicyclic) bond motifs is 1. The zero-order valence-corrected chi connectivity index (χ0v) is 16.3. The van der Waals surface area contributed by atoms with Crippen molar-refractivity contribution in [3.8, 4) is 0 Å². The third-order valence-corrected chi connectivity index (χ3v) is 6.97. The first-order valence-corrected chi connectivity index (χ1v) is 10.4. The molecule has 1 saturated carbocycles. The van der Waals surface area contributed by atoms with Crippen LogP contribution in [-0.4, -0.2) is 17.4 Å². The molecule has 3 aromatic rings. The molecule has 1 aliphatic heterocycles. The third-order valence-electron chi connectivity index (χ3n) is 5.67. The van der Waals surface area contributed by atoms with Gasteiger partial charge >= 0.3 is 0 Å². The molecule has 0 saturated heterocycles. The van der Waals surface area contributed by atoms with Crippen LogP contribution < -0.4 is 16.4 Å². The number of nitrogens with zero attached hydrogens (tertiary/aromatic N) is 1. The van der Waals surface area contributed by atoms with Crippen LogP contribution in [0.3, 0.4) is 0 Å². The Kier molecular flexibility index (Phi) is 4.18. The molecule has 1 aliphatic carbocycles. The van der Waals surface area contributed by atoms with Crippen LogP contribution in [0.1, 0.15) is 44.3 Å². The second kappa shape index (κ2) is 6.72. The smallest absolute Gasteiger partial charge is 0.255 e. The van der Waals surface area contributed by atoms with E-state index in [1.54, 1.807) is 12.1 Å². The van der Waals surface area contributed by atoms with Gasteiger partial charge in [-0.15, -0.1) is 11.3 Å². The standard InChI is InChI=1S/C22H22N4OS/c23-16-3-1-2-4-17(16)25-20(27)14-5-7-15(8-6-14)22(10-11-22)21-26-18-9-12-24-13-19(18)28-21/h1-8,24H,9-13,23H2,(H,25,27). The molecule has 28 heavy (non-hydrogen) atoms. The number of carbonyl (C=O) groups excluding carboxylic acids is 1. The number of hydrogen-bond acceptors (Lipinski definition) is 5. The number of nitrogens with two attached hydrogens (primary N) is 1. The fourth-order valence-corrected chi connectivity index (χ4v) is 5.17.